The van der Waals surface area contributed by atoms with Gasteiger partial charge < -0.3 is 24.9 Å². The van der Waals surface area contributed by atoms with E-state index in [0.29, 0.717) is 17.7 Å². The van der Waals surface area contributed by atoms with Crippen LogP contribution < -0.4 is 10.8 Å². The van der Waals surface area contributed by atoms with Crippen LogP contribution in [0.5, 0.6) is 0 Å². The van der Waals surface area contributed by atoms with Gasteiger partial charge in [-0.05, 0) is 34.6 Å². The van der Waals surface area contributed by atoms with Crippen molar-refractivity contribution >= 4 is 36.7 Å². The van der Waals surface area contributed by atoms with Gasteiger partial charge in [-0.2, -0.15) is 0 Å². The molecule has 0 fully saturated rings. The molecule has 2 aromatic rings. The molecule has 184 valence electrons. The molecule has 2 aromatic heterocycles. The number of nitrogen functional groups attached to an aromatic ring is 1. The van der Waals surface area contributed by atoms with Gasteiger partial charge in [-0.25, -0.2) is 29.4 Å². The zero-order chi connectivity index (χ0) is 24.8. The highest BCUT2D eigenvalue weighted by molar-refractivity contribution is 7.51. The second-order valence-electron chi connectivity index (χ2n) is 7.59. The first-order chi connectivity index (χ1) is 15.4. The molecular formula is C18H29N6O8P. The van der Waals surface area contributed by atoms with Crippen molar-refractivity contribution in [2.75, 3.05) is 19.1 Å². The Kier molecular flexibility index (Phi) is 8.86. The van der Waals surface area contributed by atoms with Crippen LogP contribution in [0.4, 0.5) is 5.82 Å². The van der Waals surface area contributed by atoms with Crippen molar-refractivity contribution in [2.24, 2.45) is 0 Å². The molecule has 0 saturated carbocycles. The summed E-state index contributed by atoms with van der Waals surface area (Å²) in [5, 5.41) is 11.7. The molecule has 3 unspecified atom stereocenters. The van der Waals surface area contributed by atoms with E-state index in [1.54, 1.807) is 18.4 Å². The summed E-state index contributed by atoms with van der Waals surface area (Å²) in [5.41, 5.74) is 5.05. The van der Waals surface area contributed by atoms with Crippen molar-refractivity contribution in [1.82, 2.24) is 24.6 Å². The largest absolute Gasteiger partial charge is 0.480 e. The topological polar surface area (TPSA) is 190 Å². The van der Waals surface area contributed by atoms with Gasteiger partial charge in [0.15, 0.2) is 24.4 Å². The van der Waals surface area contributed by atoms with Gasteiger partial charge in [-0.1, -0.05) is 0 Å². The molecule has 33 heavy (non-hydrogen) atoms. The highest BCUT2D eigenvalue weighted by atomic mass is 31.2. The summed E-state index contributed by atoms with van der Waals surface area (Å²) < 4.78 is 35.8. The van der Waals surface area contributed by atoms with Gasteiger partial charge >= 0.3 is 19.7 Å². The van der Waals surface area contributed by atoms with Crippen molar-refractivity contribution in [3.63, 3.8) is 0 Å². The summed E-state index contributed by atoms with van der Waals surface area (Å²) in [6, 6.07) is 0. The fourth-order valence-corrected chi connectivity index (χ4v) is 4.23. The molecule has 0 aliphatic rings. The summed E-state index contributed by atoms with van der Waals surface area (Å²) in [4.78, 5) is 35.5. The normalized spacial score (nSPS) is 15.7. The minimum atomic E-state index is -4.31. The number of aromatic nitrogens is 4. The second-order valence-corrected chi connectivity index (χ2v) is 9.28. The van der Waals surface area contributed by atoms with Gasteiger partial charge in [-0.15, -0.1) is 0 Å². The third-order valence-electron chi connectivity index (χ3n) is 4.33. The summed E-state index contributed by atoms with van der Waals surface area (Å²) in [6.45, 7) is 7.04. The fraction of sp³-hybridized carbons (Fsp3) is 0.611. The Balaban J connectivity index is 2.04. The van der Waals surface area contributed by atoms with Crippen LogP contribution in [0.25, 0.3) is 11.2 Å². The minimum Gasteiger partial charge on any atom is -0.480 e. The number of nitrogens with two attached hydrogens (primary N) is 1. The molecule has 0 radical (unpaired) electrons. The molecule has 0 amide bonds. The minimum absolute atomic E-state index is 0.0892. The number of imidazole rings is 1. The van der Waals surface area contributed by atoms with E-state index in [2.05, 4.69) is 20.0 Å². The number of hydrogen-bond donors (Lipinski definition) is 3. The number of aliphatic carboxylic acids is 1. The number of carboxylic acids is 1. The third kappa shape index (κ3) is 7.17. The zero-order valence-electron chi connectivity index (χ0n) is 19.0. The van der Waals surface area contributed by atoms with E-state index in [1.807, 2.05) is 0 Å². The number of carboxylic acid groups (broad SMARTS) is 1. The lowest BCUT2D eigenvalue weighted by atomic mass is 10.1. The van der Waals surface area contributed by atoms with E-state index < -0.39 is 44.2 Å². The zero-order valence-corrected chi connectivity index (χ0v) is 19.9. The molecular weight excluding hydrogens is 459 g/mol. The Morgan fingerprint density at radius 2 is 2.00 bits per heavy atom. The number of esters is 1. The molecule has 2 rings (SSSR count). The number of rotatable bonds is 13. The number of carbonyl (C=O) groups excluding carboxylic acids is 1. The first kappa shape index (κ1) is 26.6. The average Bonchev–Trinajstić information content (AvgIpc) is 3.11. The van der Waals surface area contributed by atoms with Gasteiger partial charge in [0.1, 0.15) is 17.4 Å². The molecule has 2 heterocycles. The van der Waals surface area contributed by atoms with Gasteiger partial charge in [0.05, 0.1) is 25.6 Å². The van der Waals surface area contributed by atoms with E-state index >= 15 is 0 Å². The Bertz CT molecular complexity index is 1030. The van der Waals surface area contributed by atoms with Crippen LogP contribution in [0.1, 0.15) is 34.6 Å². The number of anilines is 1. The maximum absolute atomic E-state index is 13.2. The maximum atomic E-state index is 13.2. The number of hydrogen-bond acceptors (Lipinski definition) is 11. The lowest BCUT2D eigenvalue weighted by molar-refractivity contribution is -0.151. The van der Waals surface area contributed by atoms with Gasteiger partial charge in [0.2, 0.25) is 0 Å². The van der Waals surface area contributed by atoms with Crippen LogP contribution in [0.3, 0.4) is 0 Å². The smallest absolute Gasteiger partial charge is 0.409 e. The van der Waals surface area contributed by atoms with Crippen LogP contribution in [0.15, 0.2) is 12.7 Å². The van der Waals surface area contributed by atoms with Crippen LogP contribution >= 0.6 is 7.75 Å². The van der Waals surface area contributed by atoms with Gasteiger partial charge in [-0.3, -0.25) is 13.8 Å². The van der Waals surface area contributed by atoms with Crippen molar-refractivity contribution in [2.45, 2.75) is 58.9 Å². The van der Waals surface area contributed by atoms with E-state index in [0.717, 1.165) is 0 Å². The molecule has 0 spiro atoms. The monoisotopic (exact) mass is 488 g/mol. The Morgan fingerprint density at radius 3 is 2.64 bits per heavy atom. The summed E-state index contributed by atoms with van der Waals surface area (Å²) in [7, 11) is -4.31. The second kappa shape index (κ2) is 11.0. The van der Waals surface area contributed by atoms with Gasteiger partial charge in [0.25, 0.3) is 0 Å². The van der Waals surface area contributed by atoms with Gasteiger partial charge in [0, 0.05) is 0 Å². The predicted octanol–water partition coefficient (Wildman–Crippen LogP) is 1.32. The number of ether oxygens (including phenoxy) is 2. The van der Waals surface area contributed by atoms with E-state index in [-0.39, 0.29) is 12.4 Å². The highest BCUT2D eigenvalue weighted by Gasteiger charge is 2.40. The molecule has 0 aliphatic carbocycles. The van der Waals surface area contributed by atoms with Crippen molar-refractivity contribution in [3.8, 4) is 0 Å². The molecule has 15 heteroatoms. The number of nitrogens with zero attached hydrogens (tertiary/aromatic N) is 4. The molecule has 0 aromatic carbocycles. The number of carbonyl (C=O) groups is 2. The van der Waals surface area contributed by atoms with Crippen LogP contribution in [0, 0.1) is 0 Å². The maximum Gasteiger partial charge on any atom is 0.409 e. The van der Waals surface area contributed by atoms with Crippen LogP contribution in [-0.2, 0) is 39.2 Å². The van der Waals surface area contributed by atoms with Crippen LogP contribution in [-0.4, -0.2) is 67.7 Å². The summed E-state index contributed by atoms with van der Waals surface area (Å²) >= 11 is 0. The Morgan fingerprint density at radius 1 is 1.30 bits per heavy atom. The SMILES string of the molecule is CCOC(=O)C(C)OP(=O)(NC(C)(C)C(=O)O)OCOC(C)Cn1cnc2c(N)ncnc21. The summed E-state index contributed by atoms with van der Waals surface area (Å²) in [5.74, 6) is -1.84. The standard InChI is InChI=1S/C18H29N6O8P/c1-6-29-16(25)12(3)32-33(28,23-18(4,5)17(26)27)31-10-30-11(2)7-24-9-22-13-14(19)20-8-21-15(13)24/h8-9,11-12H,6-7,10H2,1-5H3,(H,23,28)(H,26,27)(H2,19,20,21). The third-order valence-corrected chi connectivity index (χ3v) is 6.20. The lowest BCUT2D eigenvalue weighted by Crippen LogP contribution is -2.46. The molecule has 4 N–H and O–H groups in total. The Hall–Kier alpha value is -2.64. The van der Waals surface area contributed by atoms with Crippen molar-refractivity contribution in [1.29, 1.82) is 0 Å². The average molecular weight is 488 g/mol. The molecule has 0 bridgehead atoms. The Labute approximate surface area is 190 Å². The first-order valence-electron chi connectivity index (χ1n) is 10.0. The van der Waals surface area contributed by atoms with Crippen molar-refractivity contribution < 1.29 is 37.8 Å². The van der Waals surface area contributed by atoms with Crippen LogP contribution in [0.2, 0.25) is 0 Å². The molecule has 0 aliphatic heterocycles. The highest BCUT2D eigenvalue weighted by Crippen LogP contribution is 2.47. The fourth-order valence-electron chi connectivity index (χ4n) is 2.57. The van der Waals surface area contributed by atoms with E-state index in [4.69, 9.17) is 24.3 Å². The van der Waals surface area contributed by atoms with E-state index in [1.165, 1.54) is 33.4 Å². The predicted molar refractivity (Wildman–Crippen MR) is 116 cm³/mol. The molecule has 3 atom stereocenters. The van der Waals surface area contributed by atoms with E-state index in [9.17, 15) is 19.3 Å². The molecule has 0 saturated heterocycles. The first-order valence-corrected chi connectivity index (χ1v) is 11.6. The quantitative estimate of drug-likeness (QED) is 0.208. The number of nitrogens with one attached hydrogen (secondary N) is 1. The van der Waals surface area contributed by atoms with Crippen molar-refractivity contribution in [3.05, 3.63) is 12.7 Å². The lowest BCUT2D eigenvalue weighted by Gasteiger charge is -2.29. The number of fused-ring (bicyclic) bond motifs is 1. The summed E-state index contributed by atoms with van der Waals surface area (Å²) in [6.07, 6.45) is 1.09. The molecule has 14 nitrogen and oxygen atoms in total.